The lowest BCUT2D eigenvalue weighted by molar-refractivity contribution is -0.135. The Morgan fingerprint density at radius 2 is 2.00 bits per heavy atom. The number of hydrogen-bond acceptors (Lipinski definition) is 5. The van der Waals surface area contributed by atoms with Gasteiger partial charge < -0.3 is 9.80 Å². The molecule has 2 aliphatic heterocycles. The first kappa shape index (κ1) is 13.1. The van der Waals surface area contributed by atoms with Crippen molar-refractivity contribution >= 4 is 38.6 Å². The molecule has 0 unspecified atom stereocenters. The molecule has 0 aliphatic carbocycles. The van der Waals surface area contributed by atoms with E-state index in [1.165, 1.54) is 0 Å². The number of anilines is 1. The number of hydrogen-bond donors (Lipinski definition) is 0. The summed E-state index contributed by atoms with van der Waals surface area (Å²) in [6.45, 7) is 3.33. The summed E-state index contributed by atoms with van der Waals surface area (Å²) in [5, 5.41) is 7.85. The van der Waals surface area contributed by atoms with Gasteiger partial charge in [-0.1, -0.05) is 15.9 Å². The van der Waals surface area contributed by atoms with Gasteiger partial charge in [-0.25, -0.2) is 4.63 Å². The van der Waals surface area contributed by atoms with Crippen molar-refractivity contribution in [3.8, 4) is 0 Å². The minimum Gasteiger partial charge on any atom is -0.368 e. The first-order chi connectivity index (χ1) is 10.2. The van der Waals surface area contributed by atoms with Crippen molar-refractivity contribution in [2.24, 2.45) is 5.92 Å². The number of nitrogens with zero attached hydrogens (tertiary/aromatic N) is 4. The number of carbonyl (C=O) groups is 1. The number of halogens is 1. The highest BCUT2D eigenvalue weighted by Gasteiger charge is 2.37. The van der Waals surface area contributed by atoms with Crippen LogP contribution in [0.3, 0.4) is 0 Å². The Balaban J connectivity index is 1.51. The summed E-state index contributed by atoms with van der Waals surface area (Å²) in [5.41, 5.74) is 2.46. The zero-order chi connectivity index (χ0) is 14.4. The van der Waals surface area contributed by atoms with Gasteiger partial charge in [0.15, 0.2) is 5.52 Å². The Kier molecular flexibility index (Phi) is 3.10. The van der Waals surface area contributed by atoms with E-state index in [1.807, 2.05) is 17.0 Å². The van der Waals surface area contributed by atoms with E-state index in [0.29, 0.717) is 5.91 Å². The van der Waals surface area contributed by atoms with Crippen LogP contribution in [0.5, 0.6) is 0 Å². The van der Waals surface area contributed by atoms with Crippen LogP contribution in [0.1, 0.15) is 12.8 Å². The fourth-order valence-corrected chi connectivity index (χ4v) is 3.54. The Morgan fingerprint density at radius 3 is 2.76 bits per heavy atom. The summed E-state index contributed by atoms with van der Waals surface area (Å²) in [4.78, 5) is 16.5. The molecular formula is C14H15BrN4O2. The average Bonchev–Trinajstić information content (AvgIpc) is 3.07. The van der Waals surface area contributed by atoms with Crippen LogP contribution in [0, 0.1) is 5.92 Å². The topological polar surface area (TPSA) is 62.5 Å². The molecule has 4 rings (SSSR count). The number of aromatic nitrogens is 2. The Hall–Kier alpha value is -1.63. The van der Waals surface area contributed by atoms with Crippen molar-refractivity contribution in [2.75, 3.05) is 31.1 Å². The molecule has 2 fully saturated rings. The number of carbonyl (C=O) groups excluding carboxylic acids is 1. The molecule has 21 heavy (non-hydrogen) atoms. The minimum atomic E-state index is 0.108. The highest BCUT2D eigenvalue weighted by atomic mass is 79.9. The Labute approximate surface area is 130 Å². The summed E-state index contributed by atoms with van der Waals surface area (Å²) in [5.74, 6) is 0.408. The third kappa shape index (κ3) is 2.19. The predicted molar refractivity (Wildman–Crippen MR) is 81.0 cm³/mol. The fraction of sp³-hybridized carbons (Fsp3) is 0.500. The van der Waals surface area contributed by atoms with Crippen LogP contribution >= 0.6 is 15.9 Å². The standard InChI is InChI=1S/C14H15BrN4O2/c15-10-5-11-13(17-21-16-11)12(6-10)19-7-9(8-19)14(20)18-3-1-2-4-18/h5-6,9H,1-4,7-8H2. The van der Waals surface area contributed by atoms with Gasteiger partial charge in [-0.2, -0.15) is 0 Å². The van der Waals surface area contributed by atoms with Crippen LogP contribution in [0.2, 0.25) is 0 Å². The molecule has 0 atom stereocenters. The van der Waals surface area contributed by atoms with Crippen molar-refractivity contribution in [2.45, 2.75) is 12.8 Å². The monoisotopic (exact) mass is 350 g/mol. The largest absolute Gasteiger partial charge is 0.368 e. The number of fused-ring (bicyclic) bond motifs is 1. The maximum Gasteiger partial charge on any atom is 0.229 e. The van der Waals surface area contributed by atoms with Crippen LogP contribution in [0.15, 0.2) is 21.2 Å². The molecule has 110 valence electrons. The summed E-state index contributed by atoms with van der Waals surface area (Å²) < 4.78 is 5.75. The third-order valence-corrected chi connectivity index (χ3v) is 4.75. The first-order valence-electron chi connectivity index (χ1n) is 7.18. The van der Waals surface area contributed by atoms with E-state index in [-0.39, 0.29) is 5.92 Å². The molecule has 2 saturated heterocycles. The van der Waals surface area contributed by atoms with Gasteiger partial charge in [0.25, 0.3) is 0 Å². The van der Waals surface area contributed by atoms with Crippen molar-refractivity contribution in [3.05, 3.63) is 16.6 Å². The van der Waals surface area contributed by atoms with E-state index in [4.69, 9.17) is 4.63 Å². The molecule has 7 heteroatoms. The second kappa shape index (κ2) is 4.98. The van der Waals surface area contributed by atoms with Gasteiger partial charge in [0.1, 0.15) is 5.52 Å². The van der Waals surface area contributed by atoms with Crippen LogP contribution in [0.25, 0.3) is 11.0 Å². The van der Waals surface area contributed by atoms with E-state index < -0.39 is 0 Å². The van der Waals surface area contributed by atoms with Gasteiger partial charge in [-0.3, -0.25) is 4.79 Å². The van der Waals surface area contributed by atoms with E-state index in [9.17, 15) is 4.79 Å². The molecule has 0 N–H and O–H groups in total. The smallest absolute Gasteiger partial charge is 0.229 e. The molecule has 0 saturated carbocycles. The first-order valence-corrected chi connectivity index (χ1v) is 7.97. The van der Waals surface area contributed by atoms with Crippen molar-refractivity contribution in [1.82, 2.24) is 15.2 Å². The maximum atomic E-state index is 12.3. The molecule has 2 aromatic rings. The summed E-state index contributed by atoms with van der Waals surface area (Å²) >= 11 is 3.48. The maximum absolute atomic E-state index is 12.3. The van der Waals surface area contributed by atoms with Gasteiger partial charge in [0.2, 0.25) is 5.91 Å². The van der Waals surface area contributed by atoms with Crippen LogP contribution < -0.4 is 4.90 Å². The van der Waals surface area contributed by atoms with Crippen LogP contribution in [-0.2, 0) is 4.79 Å². The molecule has 3 heterocycles. The molecular weight excluding hydrogens is 336 g/mol. The molecule has 2 aliphatic rings. The van der Waals surface area contributed by atoms with E-state index in [0.717, 1.165) is 60.2 Å². The quantitative estimate of drug-likeness (QED) is 0.829. The molecule has 0 radical (unpaired) electrons. The minimum absolute atomic E-state index is 0.108. The van der Waals surface area contributed by atoms with Gasteiger partial charge >= 0.3 is 0 Å². The average molecular weight is 351 g/mol. The van der Waals surface area contributed by atoms with Gasteiger partial charge in [-0.15, -0.1) is 0 Å². The fourth-order valence-electron chi connectivity index (χ4n) is 3.11. The zero-order valence-electron chi connectivity index (χ0n) is 11.5. The molecule has 1 aromatic carbocycles. The molecule has 0 bridgehead atoms. The number of benzene rings is 1. The number of rotatable bonds is 2. The summed E-state index contributed by atoms with van der Waals surface area (Å²) in [7, 11) is 0. The molecule has 1 aromatic heterocycles. The van der Waals surface area contributed by atoms with Gasteiger partial charge in [0.05, 0.1) is 11.6 Å². The van der Waals surface area contributed by atoms with E-state index in [2.05, 4.69) is 31.1 Å². The molecule has 1 amide bonds. The van der Waals surface area contributed by atoms with Crippen molar-refractivity contribution in [1.29, 1.82) is 0 Å². The molecule has 0 spiro atoms. The van der Waals surface area contributed by atoms with Crippen LogP contribution in [-0.4, -0.2) is 47.3 Å². The lowest BCUT2D eigenvalue weighted by atomic mass is 9.97. The number of likely N-dealkylation sites (tertiary alicyclic amines) is 1. The van der Waals surface area contributed by atoms with Gasteiger partial charge in [0, 0.05) is 30.7 Å². The Morgan fingerprint density at radius 1 is 1.24 bits per heavy atom. The molecule has 6 nitrogen and oxygen atoms in total. The number of amides is 1. The second-order valence-corrected chi connectivity index (χ2v) is 6.61. The summed E-state index contributed by atoms with van der Waals surface area (Å²) in [6, 6.07) is 3.88. The second-order valence-electron chi connectivity index (χ2n) is 5.69. The summed E-state index contributed by atoms with van der Waals surface area (Å²) in [6.07, 6.45) is 2.28. The third-order valence-electron chi connectivity index (χ3n) is 4.29. The lowest BCUT2D eigenvalue weighted by Crippen LogP contribution is -2.54. The SMILES string of the molecule is O=C(C1CN(c2cc(Br)cc3nonc23)C1)N1CCCC1. The predicted octanol–water partition coefficient (Wildman–Crippen LogP) is 2.04. The Bertz CT molecular complexity index is 689. The van der Waals surface area contributed by atoms with Gasteiger partial charge in [-0.05, 0) is 35.3 Å². The van der Waals surface area contributed by atoms with E-state index >= 15 is 0 Å². The lowest BCUT2D eigenvalue weighted by Gasteiger charge is -2.41. The van der Waals surface area contributed by atoms with E-state index in [1.54, 1.807) is 0 Å². The highest BCUT2D eigenvalue weighted by Crippen LogP contribution is 2.34. The zero-order valence-corrected chi connectivity index (χ0v) is 13.0. The van der Waals surface area contributed by atoms with Crippen molar-refractivity contribution in [3.63, 3.8) is 0 Å². The van der Waals surface area contributed by atoms with Crippen molar-refractivity contribution < 1.29 is 9.42 Å². The van der Waals surface area contributed by atoms with Crippen LogP contribution in [0.4, 0.5) is 5.69 Å². The normalized spacial score (nSPS) is 19.3. The highest BCUT2D eigenvalue weighted by molar-refractivity contribution is 9.10.